The van der Waals surface area contributed by atoms with Gasteiger partial charge in [0.2, 0.25) is 5.91 Å². The number of carboxylic acid groups (broad SMARTS) is 1. The molecule has 0 aromatic carbocycles. The monoisotopic (exact) mass is 261 g/mol. The van der Waals surface area contributed by atoms with E-state index in [1.165, 1.54) is 7.05 Å². The van der Waals surface area contributed by atoms with E-state index in [4.69, 9.17) is 10.2 Å². The van der Waals surface area contributed by atoms with Gasteiger partial charge >= 0.3 is 12.0 Å². The van der Waals surface area contributed by atoms with Crippen LogP contribution in [-0.4, -0.2) is 65.8 Å². The molecule has 0 aliphatic carbocycles. The normalized spacial score (nSPS) is 11.5. The van der Waals surface area contributed by atoms with Crippen LogP contribution in [0, 0.1) is 0 Å². The van der Waals surface area contributed by atoms with E-state index >= 15 is 0 Å². The van der Waals surface area contributed by atoms with Gasteiger partial charge < -0.3 is 25.7 Å². The standard InChI is InChI=1S/C10H19N3O5/c1-3-4-11-8(15)5-13(2)10(18)12-7(6-14)9(16)17/h7,14H,3-6H2,1-2H3,(H,11,15)(H,12,18)(H,16,17)/t7-/m1/s1. The number of aliphatic hydroxyl groups is 1. The average molecular weight is 261 g/mol. The van der Waals surface area contributed by atoms with Crippen molar-refractivity contribution >= 4 is 17.9 Å². The number of nitrogens with one attached hydrogen (secondary N) is 2. The molecule has 3 amide bonds. The molecule has 18 heavy (non-hydrogen) atoms. The first-order valence-corrected chi connectivity index (χ1v) is 5.54. The number of aliphatic carboxylic acids is 1. The minimum atomic E-state index is -1.38. The molecule has 0 aliphatic rings. The molecule has 8 nitrogen and oxygen atoms in total. The third-order valence-corrected chi connectivity index (χ3v) is 2.08. The number of urea groups is 1. The highest BCUT2D eigenvalue weighted by molar-refractivity contribution is 5.86. The Morgan fingerprint density at radius 3 is 2.39 bits per heavy atom. The predicted octanol–water partition coefficient (Wildman–Crippen LogP) is -1.40. The molecule has 0 heterocycles. The van der Waals surface area contributed by atoms with Gasteiger partial charge in [-0.15, -0.1) is 0 Å². The summed E-state index contributed by atoms with van der Waals surface area (Å²) in [7, 11) is 1.36. The maximum absolute atomic E-state index is 11.5. The Morgan fingerprint density at radius 1 is 1.33 bits per heavy atom. The van der Waals surface area contributed by atoms with E-state index in [-0.39, 0.29) is 12.5 Å². The first kappa shape index (κ1) is 16.2. The largest absolute Gasteiger partial charge is 0.480 e. The molecule has 0 saturated heterocycles. The number of likely N-dealkylation sites (N-methyl/N-ethyl adjacent to an activating group) is 1. The molecule has 8 heteroatoms. The van der Waals surface area contributed by atoms with Crippen molar-refractivity contribution < 1.29 is 24.6 Å². The molecule has 0 saturated carbocycles. The second-order valence-electron chi connectivity index (χ2n) is 3.73. The number of hydrogen-bond donors (Lipinski definition) is 4. The van der Waals surface area contributed by atoms with Gasteiger partial charge in [0.25, 0.3) is 0 Å². The number of rotatable bonds is 7. The van der Waals surface area contributed by atoms with Crippen molar-refractivity contribution in [1.29, 1.82) is 0 Å². The zero-order valence-corrected chi connectivity index (χ0v) is 10.5. The molecule has 0 bridgehead atoms. The van der Waals surface area contributed by atoms with Crippen LogP contribution in [-0.2, 0) is 9.59 Å². The number of aliphatic hydroxyl groups excluding tert-OH is 1. The van der Waals surface area contributed by atoms with E-state index in [0.29, 0.717) is 6.54 Å². The zero-order chi connectivity index (χ0) is 14.1. The minimum Gasteiger partial charge on any atom is -0.480 e. The fraction of sp³-hybridized carbons (Fsp3) is 0.700. The van der Waals surface area contributed by atoms with Gasteiger partial charge in [-0.1, -0.05) is 6.92 Å². The lowest BCUT2D eigenvalue weighted by molar-refractivity contribution is -0.140. The highest BCUT2D eigenvalue weighted by atomic mass is 16.4. The number of hydrogen-bond acceptors (Lipinski definition) is 4. The number of carbonyl (C=O) groups is 3. The third-order valence-electron chi connectivity index (χ3n) is 2.08. The van der Waals surface area contributed by atoms with Gasteiger partial charge in [-0.3, -0.25) is 4.79 Å². The minimum absolute atomic E-state index is 0.177. The van der Waals surface area contributed by atoms with Gasteiger partial charge in [-0.05, 0) is 6.42 Å². The molecule has 0 aromatic rings. The van der Waals surface area contributed by atoms with Crippen LogP contribution in [0.2, 0.25) is 0 Å². The van der Waals surface area contributed by atoms with E-state index < -0.39 is 24.6 Å². The fourth-order valence-corrected chi connectivity index (χ4v) is 1.05. The average Bonchev–Trinajstić information content (AvgIpc) is 2.32. The quantitative estimate of drug-likeness (QED) is 0.449. The lowest BCUT2D eigenvalue weighted by atomic mass is 10.3. The van der Waals surface area contributed by atoms with Crippen molar-refractivity contribution in [2.75, 3.05) is 26.7 Å². The van der Waals surface area contributed by atoms with Crippen molar-refractivity contribution in [3.8, 4) is 0 Å². The van der Waals surface area contributed by atoms with Gasteiger partial charge in [0.15, 0.2) is 6.04 Å². The van der Waals surface area contributed by atoms with Gasteiger partial charge in [-0.2, -0.15) is 0 Å². The Bertz CT molecular complexity index is 308. The van der Waals surface area contributed by atoms with E-state index in [0.717, 1.165) is 11.3 Å². The molecule has 0 rings (SSSR count). The third kappa shape index (κ3) is 6.04. The topological polar surface area (TPSA) is 119 Å². The van der Waals surface area contributed by atoms with Crippen molar-refractivity contribution in [1.82, 2.24) is 15.5 Å². The summed E-state index contributed by atoms with van der Waals surface area (Å²) in [6.07, 6.45) is 0.785. The van der Waals surface area contributed by atoms with E-state index in [1.807, 2.05) is 6.92 Å². The Labute approximate surface area is 105 Å². The van der Waals surface area contributed by atoms with Crippen LogP contribution in [0.1, 0.15) is 13.3 Å². The van der Waals surface area contributed by atoms with Crippen molar-refractivity contribution in [2.24, 2.45) is 0 Å². The summed E-state index contributed by atoms with van der Waals surface area (Å²) in [6, 6.07) is -2.11. The summed E-state index contributed by atoms with van der Waals surface area (Å²) in [5.74, 6) is -1.67. The highest BCUT2D eigenvalue weighted by Gasteiger charge is 2.21. The molecule has 104 valence electrons. The first-order chi connectivity index (χ1) is 8.42. The summed E-state index contributed by atoms with van der Waals surface area (Å²) in [5, 5.41) is 22.0. The maximum atomic E-state index is 11.5. The van der Waals surface area contributed by atoms with Crippen molar-refractivity contribution in [3.63, 3.8) is 0 Å². The van der Waals surface area contributed by atoms with Crippen LogP contribution < -0.4 is 10.6 Å². The number of nitrogens with zero attached hydrogens (tertiary/aromatic N) is 1. The van der Waals surface area contributed by atoms with Crippen LogP contribution in [0.15, 0.2) is 0 Å². The van der Waals surface area contributed by atoms with E-state index in [9.17, 15) is 14.4 Å². The van der Waals surface area contributed by atoms with E-state index in [1.54, 1.807) is 0 Å². The summed E-state index contributed by atoms with van der Waals surface area (Å²) in [5.41, 5.74) is 0. The second-order valence-corrected chi connectivity index (χ2v) is 3.73. The molecule has 0 spiro atoms. The van der Waals surface area contributed by atoms with Crippen LogP contribution in [0.25, 0.3) is 0 Å². The van der Waals surface area contributed by atoms with Crippen LogP contribution in [0.4, 0.5) is 4.79 Å². The number of carboxylic acids is 1. The Hall–Kier alpha value is -1.83. The summed E-state index contributed by atoms with van der Waals surface area (Å²) < 4.78 is 0. The summed E-state index contributed by atoms with van der Waals surface area (Å²) in [6.45, 7) is 1.53. The first-order valence-electron chi connectivity index (χ1n) is 5.54. The van der Waals surface area contributed by atoms with Gasteiger partial charge in [0.05, 0.1) is 6.61 Å². The molecule has 0 unspecified atom stereocenters. The SMILES string of the molecule is CCCNC(=O)CN(C)C(=O)N[C@H](CO)C(=O)O. The summed E-state index contributed by atoms with van der Waals surface area (Å²) in [4.78, 5) is 34.4. The van der Waals surface area contributed by atoms with E-state index in [2.05, 4.69) is 10.6 Å². The molecule has 0 aromatic heterocycles. The highest BCUT2D eigenvalue weighted by Crippen LogP contribution is 1.89. The number of amides is 3. The lowest BCUT2D eigenvalue weighted by Crippen LogP contribution is -2.50. The summed E-state index contributed by atoms with van der Waals surface area (Å²) >= 11 is 0. The number of carbonyl (C=O) groups excluding carboxylic acids is 2. The fourth-order valence-electron chi connectivity index (χ4n) is 1.05. The van der Waals surface area contributed by atoms with Crippen LogP contribution in [0.5, 0.6) is 0 Å². The molecular weight excluding hydrogens is 242 g/mol. The second kappa shape index (κ2) is 8.29. The lowest BCUT2D eigenvalue weighted by Gasteiger charge is -2.19. The Balaban J connectivity index is 4.17. The molecule has 1 atom stereocenters. The zero-order valence-electron chi connectivity index (χ0n) is 10.5. The Kier molecular flexibility index (Phi) is 7.45. The van der Waals surface area contributed by atoms with Gasteiger partial charge in [-0.25, -0.2) is 9.59 Å². The van der Waals surface area contributed by atoms with Gasteiger partial charge in [0, 0.05) is 13.6 Å². The van der Waals surface area contributed by atoms with Crippen molar-refractivity contribution in [2.45, 2.75) is 19.4 Å². The molecular formula is C10H19N3O5. The molecule has 0 radical (unpaired) electrons. The molecule has 0 aliphatic heterocycles. The van der Waals surface area contributed by atoms with Crippen LogP contribution >= 0.6 is 0 Å². The van der Waals surface area contributed by atoms with Crippen molar-refractivity contribution in [3.05, 3.63) is 0 Å². The smallest absolute Gasteiger partial charge is 0.328 e. The predicted molar refractivity (Wildman–Crippen MR) is 63.0 cm³/mol. The van der Waals surface area contributed by atoms with Crippen LogP contribution in [0.3, 0.4) is 0 Å². The van der Waals surface area contributed by atoms with Gasteiger partial charge in [0.1, 0.15) is 6.54 Å². The molecule has 0 fully saturated rings. The Morgan fingerprint density at radius 2 is 1.94 bits per heavy atom. The molecule has 4 N–H and O–H groups in total. The maximum Gasteiger partial charge on any atom is 0.328 e.